The molecule has 12 heteroatoms. The van der Waals surface area contributed by atoms with Crippen molar-refractivity contribution in [1.82, 2.24) is 24.9 Å². The Bertz CT molecular complexity index is 1950. The molecule has 4 aromatic carbocycles. The highest BCUT2D eigenvalue weighted by Crippen LogP contribution is 2.40. The first-order valence-electron chi connectivity index (χ1n) is 16.8. The van der Waals surface area contributed by atoms with E-state index in [9.17, 15) is 4.79 Å². The number of aliphatic hydroxyl groups excluding tert-OH is 2. The number of nitrogens with one attached hydrogen (secondary N) is 1. The zero-order valence-electron chi connectivity index (χ0n) is 31.3. The smallest absolute Gasteiger partial charge is 0.267 e. The fourth-order valence-electron chi connectivity index (χ4n) is 5.94. The average molecular weight is 722 g/mol. The number of hydrogen-bond donors (Lipinski definition) is 3. The topological polar surface area (TPSA) is 142 Å². The van der Waals surface area contributed by atoms with Crippen molar-refractivity contribution in [3.05, 3.63) is 109 Å². The molecule has 0 saturated heterocycles. The van der Waals surface area contributed by atoms with Gasteiger partial charge in [0.25, 0.3) is 5.91 Å². The van der Waals surface area contributed by atoms with Gasteiger partial charge in [0, 0.05) is 42.5 Å². The number of aromatic nitrogens is 4. The Hall–Kier alpha value is -6.11. The summed E-state index contributed by atoms with van der Waals surface area (Å²) in [5.74, 6) is 2.23. The van der Waals surface area contributed by atoms with Crippen molar-refractivity contribution in [3.63, 3.8) is 0 Å². The third kappa shape index (κ3) is 8.52. The molecule has 0 radical (unpaired) electrons. The van der Waals surface area contributed by atoms with E-state index in [0.29, 0.717) is 45.8 Å². The summed E-state index contributed by atoms with van der Waals surface area (Å²) >= 11 is 0. The summed E-state index contributed by atoms with van der Waals surface area (Å²) in [6.45, 7) is 3.84. The van der Waals surface area contributed by atoms with Gasteiger partial charge < -0.3 is 34.5 Å². The lowest BCUT2D eigenvalue weighted by Gasteiger charge is -2.24. The quantitative estimate of drug-likeness (QED) is 0.128. The Labute approximate surface area is 310 Å². The van der Waals surface area contributed by atoms with E-state index in [1.54, 1.807) is 37.8 Å². The van der Waals surface area contributed by atoms with Gasteiger partial charge in [-0.1, -0.05) is 48.5 Å². The Morgan fingerprint density at radius 3 is 1.17 bits per heavy atom. The second kappa shape index (κ2) is 18.9. The number of hydrogen-bond acceptors (Lipinski definition) is 9. The minimum atomic E-state index is -1.10. The first-order valence-corrected chi connectivity index (χ1v) is 16.8. The van der Waals surface area contributed by atoms with Crippen LogP contribution in [0.5, 0.6) is 23.0 Å². The van der Waals surface area contributed by atoms with Gasteiger partial charge in [-0.15, -0.1) is 0 Å². The average Bonchev–Trinajstić information content (AvgIpc) is 3.84. The Kier molecular flexibility index (Phi) is 14.2. The molecule has 3 N–H and O–H groups in total. The van der Waals surface area contributed by atoms with Gasteiger partial charge in [0.05, 0.1) is 51.2 Å². The molecule has 1 amide bonds. The van der Waals surface area contributed by atoms with E-state index >= 15 is 0 Å². The minimum Gasteiger partial charge on any atom is -0.496 e. The van der Waals surface area contributed by atoms with Crippen molar-refractivity contribution in [3.8, 4) is 68.0 Å². The molecule has 0 aliphatic rings. The van der Waals surface area contributed by atoms with Crippen molar-refractivity contribution in [2.24, 2.45) is 0 Å². The van der Waals surface area contributed by atoms with E-state index in [2.05, 4.69) is 5.32 Å². The van der Waals surface area contributed by atoms with E-state index in [1.807, 2.05) is 123 Å². The molecule has 6 aromatic rings. The predicted octanol–water partition coefficient (Wildman–Crippen LogP) is 6.57. The number of ether oxygens (including phenoxy) is 4. The van der Waals surface area contributed by atoms with Crippen LogP contribution in [0.1, 0.15) is 20.0 Å². The van der Waals surface area contributed by atoms with Crippen molar-refractivity contribution in [1.29, 1.82) is 0 Å². The Morgan fingerprint density at radius 2 is 0.849 bits per heavy atom. The maximum absolute atomic E-state index is 14.6. The first kappa shape index (κ1) is 39.7. The SMILES string of the molecule is CO.CO.COc1ccccc1-c1cc(-c2ccccc2OC)n(C(C(=O)NC(C)C)n2nc(-c3ccccc3OC)cc2-c2ccccc2OC)n1. The zero-order chi connectivity index (χ0) is 38.5. The summed E-state index contributed by atoms with van der Waals surface area (Å²) in [7, 11) is 8.49. The molecule has 278 valence electrons. The third-order valence-electron chi connectivity index (χ3n) is 8.13. The maximum atomic E-state index is 14.6. The number of aliphatic hydroxyl groups is 2. The number of benzene rings is 4. The largest absolute Gasteiger partial charge is 0.496 e. The lowest BCUT2D eigenvalue weighted by Crippen LogP contribution is -2.41. The van der Waals surface area contributed by atoms with Crippen LogP contribution >= 0.6 is 0 Å². The summed E-state index contributed by atoms with van der Waals surface area (Å²) in [6.07, 6.45) is -1.10. The molecule has 0 atom stereocenters. The number of nitrogens with zero attached hydrogens (tertiary/aromatic N) is 4. The Morgan fingerprint density at radius 1 is 0.547 bits per heavy atom. The highest BCUT2D eigenvalue weighted by molar-refractivity contribution is 5.85. The van der Waals surface area contributed by atoms with Gasteiger partial charge in [0.15, 0.2) is 0 Å². The number of methoxy groups -OCH3 is 4. The minimum absolute atomic E-state index is 0.173. The lowest BCUT2D eigenvalue weighted by atomic mass is 10.1. The van der Waals surface area contributed by atoms with E-state index < -0.39 is 6.17 Å². The standard InChI is InChI=1S/C39H39N5O5.2CH4O/c1-25(2)40-38(45)39(43-32(28-17-9-13-21-36(28)48-5)23-30(41-43)26-15-7-11-19-34(26)46-3)44-33(29-18-10-14-22-37(29)49-6)24-31(42-44)27-16-8-12-20-35(27)47-4;2*1-2/h7-25,39H,1-6H3,(H,40,45);2*2H,1H3. The van der Waals surface area contributed by atoms with Gasteiger partial charge in [0.1, 0.15) is 23.0 Å². The predicted molar refractivity (Wildman–Crippen MR) is 206 cm³/mol. The summed E-state index contributed by atoms with van der Waals surface area (Å²) in [5, 5.41) is 27.4. The molecular weight excluding hydrogens is 674 g/mol. The second-order valence-electron chi connectivity index (χ2n) is 11.6. The van der Waals surface area contributed by atoms with Gasteiger partial charge in [-0.3, -0.25) is 4.79 Å². The number of para-hydroxylation sites is 4. The molecule has 0 aliphatic heterocycles. The van der Waals surface area contributed by atoms with Crippen molar-refractivity contribution in [2.75, 3.05) is 42.7 Å². The molecule has 53 heavy (non-hydrogen) atoms. The number of rotatable bonds is 12. The molecule has 0 fully saturated rings. The van der Waals surface area contributed by atoms with E-state index in [4.69, 9.17) is 39.4 Å². The summed E-state index contributed by atoms with van der Waals surface area (Å²) < 4.78 is 26.5. The number of carbonyl (C=O) groups is 1. The summed E-state index contributed by atoms with van der Waals surface area (Å²) in [6, 6.07) is 34.3. The lowest BCUT2D eigenvalue weighted by molar-refractivity contribution is -0.126. The highest BCUT2D eigenvalue weighted by Gasteiger charge is 2.33. The molecule has 2 aromatic heterocycles. The van der Waals surface area contributed by atoms with E-state index in [-0.39, 0.29) is 11.9 Å². The molecule has 0 saturated carbocycles. The summed E-state index contributed by atoms with van der Waals surface area (Å²) in [5.41, 5.74) is 5.53. The highest BCUT2D eigenvalue weighted by atomic mass is 16.5. The molecule has 0 bridgehead atoms. The van der Waals surface area contributed by atoms with Gasteiger partial charge >= 0.3 is 0 Å². The van der Waals surface area contributed by atoms with Gasteiger partial charge in [-0.05, 0) is 74.5 Å². The zero-order valence-corrected chi connectivity index (χ0v) is 31.3. The van der Waals surface area contributed by atoms with Crippen LogP contribution < -0.4 is 24.3 Å². The van der Waals surface area contributed by atoms with Gasteiger partial charge in [-0.2, -0.15) is 10.2 Å². The fraction of sp³-hybridized carbons (Fsp3) is 0.244. The van der Waals surface area contributed by atoms with Crippen LogP contribution in [0.15, 0.2) is 109 Å². The fourth-order valence-corrected chi connectivity index (χ4v) is 5.94. The van der Waals surface area contributed by atoms with Crippen molar-refractivity contribution < 1.29 is 34.0 Å². The van der Waals surface area contributed by atoms with Crippen LogP contribution in [0.2, 0.25) is 0 Å². The number of carbonyl (C=O) groups excluding carboxylic acids is 1. The monoisotopic (exact) mass is 721 g/mol. The van der Waals surface area contributed by atoms with Crippen molar-refractivity contribution >= 4 is 5.91 Å². The molecule has 2 heterocycles. The first-order chi connectivity index (χ1) is 25.9. The van der Waals surface area contributed by atoms with E-state index in [0.717, 1.165) is 36.5 Å². The van der Waals surface area contributed by atoms with Crippen LogP contribution in [0.4, 0.5) is 0 Å². The van der Waals surface area contributed by atoms with E-state index in [1.165, 1.54) is 0 Å². The summed E-state index contributed by atoms with van der Waals surface area (Å²) in [4.78, 5) is 14.6. The number of amides is 1. The molecule has 0 unspecified atom stereocenters. The van der Waals surface area contributed by atoms with Gasteiger partial charge in [0.2, 0.25) is 6.17 Å². The molecular formula is C41H47N5O7. The van der Waals surface area contributed by atoms with Crippen LogP contribution in [0.25, 0.3) is 45.0 Å². The molecule has 0 aliphatic carbocycles. The van der Waals surface area contributed by atoms with Crippen LogP contribution in [-0.4, -0.2) is 84.4 Å². The van der Waals surface area contributed by atoms with Crippen LogP contribution in [0, 0.1) is 0 Å². The maximum Gasteiger partial charge on any atom is 0.267 e. The molecule has 6 rings (SSSR count). The second-order valence-corrected chi connectivity index (χ2v) is 11.6. The van der Waals surface area contributed by atoms with Crippen molar-refractivity contribution in [2.45, 2.75) is 26.1 Å². The normalized spacial score (nSPS) is 10.5. The van der Waals surface area contributed by atoms with Crippen LogP contribution in [-0.2, 0) is 4.79 Å². The molecule has 12 nitrogen and oxygen atoms in total. The third-order valence-corrected chi connectivity index (χ3v) is 8.13. The van der Waals surface area contributed by atoms with Gasteiger partial charge in [-0.25, -0.2) is 9.36 Å². The van der Waals surface area contributed by atoms with Crippen LogP contribution in [0.3, 0.4) is 0 Å². The Balaban J connectivity index is 0.00000152. The molecule has 0 spiro atoms.